The van der Waals surface area contributed by atoms with Gasteiger partial charge in [-0.25, -0.2) is 9.37 Å². The van der Waals surface area contributed by atoms with Crippen LogP contribution >= 0.6 is 0 Å². The standard InChI is InChI=1S/C16H18FN3O2/c1-22-10-4-9-18-15-8-7-12(11-19-15)16(21)20-14-6-3-2-5-13(14)17/h2-3,5-8,11H,4,9-10H2,1H3,(H,18,19)(H,20,21). The van der Waals surface area contributed by atoms with Crippen LogP contribution in [0, 0.1) is 5.82 Å². The number of nitrogens with zero attached hydrogens (tertiary/aromatic N) is 1. The van der Waals surface area contributed by atoms with E-state index >= 15 is 0 Å². The number of benzene rings is 1. The number of hydrogen-bond acceptors (Lipinski definition) is 4. The highest BCUT2D eigenvalue weighted by atomic mass is 19.1. The second-order valence-corrected chi connectivity index (χ2v) is 4.64. The maximum Gasteiger partial charge on any atom is 0.257 e. The van der Waals surface area contributed by atoms with Crippen molar-refractivity contribution in [2.45, 2.75) is 6.42 Å². The quantitative estimate of drug-likeness (QED) is 0.772. The second kappa shape index (κ2) is 8.09. The van der Waals surface area contributed by atoms with E-state index in [1.54, 1.807) is 31.4 Å². The van der Waals surface area contributed by atoms with Crippen LogP contribution in [0.15, 0.2) is 42.6 Å². The normalized spacial score (nSPS) is 10.3. The Morgan fingerprint density at radius 1 is 1.27 bits per heavy atom. The van der Waals surface area contributed by atoms with Crippen LogP contribution in [0.4, 0.5) is 15.9 Å². The van der Waals surface area contributed by atoms with E-state index in [1.165, 1.54) is 18.3 Å². The zero-order valence-electron chi connectivity index (χ0n) is 12.3. The van der Waals surface area contributed by atoms with E-state index in [1.807, 2.05) is 0 Å². The number of nitrogens with one attached hydrogen (secondary N) is 2. The predicted octanol–water partition coefficient (Wildman–Crippen LogP) is 2.92. The number of anilines is 2. The average molecular weight is 303 g/mol. The van der Waals surface area contributed by atoms with Crippen molar-refractivity contribution in [3.05, 3.63) is 54.0 Å². The Morgan fingerprint density at radius 3 is 2.77 bits per heavy atom. The van der Waals surface area contributed by atoms with Crippen LogP contribution in [0.5, 0.6) is 0 Å². The molecule has 0 unspecified atom stereocenters. The zero-order chi connectivity index (χ0) is 15.8. The minimum absolute atomic E-state index is 0.147. The summed E-state index contributed by atoms with van der Waals surface area (Å²) < 4.78 is 18.4. The number of rotatable bonds is 7. The van der Waals surface area contributed by atoms with Crippen molar-refractivity contribution >= 4 is 17.4 Å². The Balaban J connectivity index is 1.92. The van der Waals surface area contributed by atoms with Gasteiger partial charge in [-0.3, -0.25) is 4.79 Å². The van der Waals surface area contributed by atoms with E-state index in [0.717, 1.165) is 13.0 Å². The number of amides is 1. The number of carbonyl (C=O) groups excluding carboxylic acids is 1. The fourth-order valence-electron chi connectivity index (χ4n) is 1.82. The monoisotopic (exact) mass is 303 g/mol. The van der Waals surface area contributed by atoms with E-state index < -0.39 is 11.7 Å². The van der Waals surface area contributed by atoms with Gasteiger partial charge in [0.25, 0.3) is 5.91 Å². The van der Waals surface area contributed by atoms with Gasteiger partial charge in [0.15, 0.2) is 0 Å². The maximum atomic E-state index is 13.5. The van der Waals surface area contributed by atoms with Gasteiger partial charge in [0.2, 0.25) is 0 Å². The molecule has 0 bridgehead atoms. The molecule has 0 saturated carbocycles. The highest BCUT2D eigenvalue weighted by molar-refractivity contribution is 6.04. The molecule has 2 rings (SSSR count). The van der Waals surface area contributed by atoms with Crippen LogP contribution in [0.2, 0.25) is 0 Å². The molecule has 0 aliphatic rings. The Morgan fingerprint density at radius 2 is 2.09 bits per heavy atom. The van der Waals surface area contributed by atoms with Crippen LogP contribution in [-0.2, 0) is 4.74 Å². The average Bonchev–Trinajstić information content (AvgIpc) is 2.54. The molecule has 5 nitrogen and oxygen atoms in total. The molecule has 1 heterocycles. The van der Waals surface area contributed by atoms with Gasteiger partial charge in [-0.2, -0.15) is 0 Å². The number of pyridine rings is 1. The largest absolute Gasteiger partial charge is 0.385 e. The first-order valence-electron chi connectivity index (χ1n) is 6.95. The summed E-state index contributed by atoms with van der Waals surface area (Å²) in [6.45, 7) is 1.41. The van der Waals surface area contributed by atoms with Crippen molar-refractivity contribution < 1.29 is 13.9 Å². The summed E-state index contributed by atoms with van der Waals surface area (Å²) >= 11 is 0. The third-order valence-electron chi connectivity index (χ3n) is 2.98. The lowest BCUT2D eigenvalue weighted by Crippen LogP contribution is -2.13. The molecule has 2 aromatic rings. The SMILES string of the molecule is COCCCNc1ccc(C(=O)Nc2ccccc2F)cn1. The van der Waals surface area contributed by atoms with E-state index in [-0.39, 0.29) is 5.69 Å². The number of halogens is 1. The number of methoxy groups -OCH3 is 1. The first-order valence-corrected chi connectivity index (χ1v) is 6.95. The van der Waals surface area contributed by atoms with E-state index in [2.05, 4.69) is 15.6 Å². The predicted molar refractivity (Wildman–Crippen MR) is 83.6 cm³/mol. The summed E-state index contributed by atoms with van der Waals surface area (Å²) in [5.74, 6) is -0.192. The highest BCUT2D eigenvalue weighted by Gasteiger charge is 2.09. The van der Waals surface area contributed by atoms with Gasteiger partial charge in [0.1, 0.15) is 11.6 Å². The lowest BCUT2D eigenvalue weighted by Gasteiger charge is -2.08. The smallest absolute Gasteiger partial charge is 0.257 e. The third kappa shape index (κ3) is 4.53. The van der Waals surface area contributed by atoms with Crippen LogP contribution in [0.1, 0.15) is 16.8 Å². The summed E-state index contributed by atoms with van der Waals surface area (Å²) in [7, 11) is 1.65. The fraction of sp³-hybridized carbons (Fsp3) is 0.250. The summed E-state index contributed by atoms with van der Waals surface area (Å²) in [4.78, 5) is 16.2. The Labute approximate surface area is 128 Å². The molecule has 2 N–H and O–H groups in total. The lowest BCUT2D eigenvalue weighted by atomic mass is 10.2. The summed E-state index contributed by atoms with van der Waals surface area (Å²) in [5.41, 5.74) is 0.514. The molecule has 1 aromatic carbocycles. The Kier molecular flexibility index (Phi) is 5.85. The van der Waals surface area contributed by atoms with Gasteiger partial charge >= 0.3 is 0 Å². The molecular formula is C16H18FN3O2. The molecule has 0 aliphatic carbocycles. The van der Waals surface area contributed by atoms with Gasteiger partial charge in [0, 0.05) is 26.5 Å². The van der Waals surface area contributed by atoms with Gasteiger partial charge in [-0.05, 0) is 30.7 Å². The lowest BCUT2D eigenvalue weighted by molar-refractivity contribution is 0.102. The van der Waals surface area contributed by atoms with Gasteiger partial charge < -0.3 is 15.4 Å². The molecule has 0 aliphatic heterocycles. The molecule has 1 aromatic heterocycles. The molecule has 0 atom stereocenters. The van der Waals surface area contributed by atoms with E-state index in [0.29, 0.717) is 18.0 Å². The summed E-state index contributed by atoms with van der Waals surface area (Å²) in [6.07, 6.45) is 2.32. The van der Waals surface area contributed by atoms with Gasteiger partial charge in [0.05, 0.1) is 11.3 Å². The topological polar surface area (TPSA) is 63.2 Å². The highest BCUT2D eigenvalue weighted by Crippen LogP contribution is 2.14. The molecule has 0 fully saturated rings. The number of carbonyl (C=O) groups is 1. The van der Waals surface area contributed by atoms with Gasteiger partial charge in [-0.15, -0.1) is 0 Å². The van der Waals surface area contributed by atoms with Crippen molar-refractivity contribution in [1.82, 2.24) is 4.98 Å². The van der Waals surface area contributed by atoms with Crippen LogP contribution in [0.3, 0.4) is 0 Å². The Bertz CT molecular complexity index is 617. The first kappa shape index (κ1) is 15.9. The first-order chi connectivity index (χ1) is 10.7. The Hall–Kier alpha value is -2.47. The van der Waals surface area contributed by atoms with E-state index in [4.69, 9.17) is 4.74 Å². The second-order valence-electron chi connectivity index (χ2n) is 4.64. The van der Waals surface area contributed by atoms with Crippen molar-refractivity contribution in [3.8, 4) is 0 Å². The van der Waals surface area contributed by atoms with Crippen LogP contribution in [-0.4, -0.2) is 31.2 Å². The summed E-state index contributed by atoms with van der Waals surface area (Å²) in [6, 6.07) is 9.37. The van der Waals surface area contributed by atoms with E-state index in [9.17, 15) is 9.18 Å². The molecular weight excluding hydrogens is 285 g/mol. The van der Waals surface area contributed by atoms with Gasteiger partial charge in [-0.1, -0.05) is 12.1 Å². The number of para-hydroxylation sites is 1. The molecule has 1 amide bonds. The van der Waals surface area contributed by atoms with Crippen molar-refractivity contribution in [1.29, 1.82) is 0 Å². The maximum absolute atomic E-state index is 13.5. The summed E-state index contributed by atoms with van der Waals surface area (Å²) in [5, 5.41) is 5.64. The minimum atomic E-state index is -0.472. The number of hydrogen-bond donors (Lipinski definition) is 2. The zero-order valence-corrected chi connectivity index (χ0v) is 12.3. The molecule has 0 spiro atoms. The fourth-order valence-corrected chi connectivity index (χ4v) is 1.82. The minimum Gasteiger partial charge on any atom is -0.385 e. The molecule has 116 valence electrons. The number of ether oxygens (including phenoxy) is 1. The third-order valence-corrected chi connectivity index (χ3v) is 2.98. The van der Waals surface area contributed by atoms with Crippen molar-refractivity contribution in [2.24, 2.45) is 0 Å². The van der Waals surface area contributed by atoms with Crippen molar-refractivity contribution in [2.75, 3.05) is 30.9 Å². The van der Waals surface area contributed by atoms with Crippen molar-refractivity contribution in [3.63, 3.8) is 0 Å². The molecule has 22 heavy (non-hydrogen) atoms. The molecule has 0 saturated heterocycles. The molecule has 6 heteroatoms. The number of aromatic nitrogens is 1. The van der Waals surface area contributed by atoms with Crippen LogP contribution < -0.4 is 10.6 Å². The molecule has 0 radical (unpaired) electrons. The van der Waals surface area contributed by atoms with Crippen LogP contribution in [0.25, 0.3) is 0 Å².